The summed E-state index contributed by atoms with van der Waals surface area (Å²) in [4.78, 5) is 24.1. The second-order valence-corrected chi connectivity index (χ2v) is 7.68. The number of hydrogen-bond donors (Lipinski definition) is 0. The zero-order chi connectivity index (χ0) is 20.2. The van der Waals surface area contributed by atoms with E-state index in [0.29, 0.717) is 12.0 Å². The van der Waals surface area contributed by atoms with Crippen molar-refractivity contribution in [1.82, 2.24) is 0 Å². The summed E-state index contributed by atoms with van der Waals surface area (Å²) in [5.74, 6) is -0.0349. The minimum Gasteiger partial charge on any atom is -0.299 e. The summed E-state index contributed by atoms with van der Waals surface area (Å²) in [5, 5.41) is 0. The number of carbonyl (C=O) groups excluding carboxylic acids is 2. The van der Waals surface area contributed by atoms with Crippen molar-refractivity contribution in [1.29, 1.82) is 0 Å². The molecule has 0 amide bonds. The lowest BCUT2D eigenvalue weighted by Gasteiger charge is -2.06. The normalized spacial score (nSPS) is 10.8. The van der Waals surface area contributed by atoms with Crippen LogP contribution in [-0.4, -0.2) is 11.6 Å². The van der Waals surface area contributed by atoms with Gasteiger partial charge in [0, 0.05) is 12.0 Å². The van der Waals surface area contributed by atoms with Gasteiger partial charge in [-0.3, -0.25) is 9.59 Å². The summed E-state index contributed by atoms with van der Waals surface area (Å²) in [6, 6.07) is 16.4. The maximum absolute atomic E-state index is 12.3. The van der Waals surface area contributed by atoms with Crippen molar-refractivity contribution < 1.29 is 9.59 Å². The highest BCUT2D eigenvalue weighted by atomic mass is 16.1. The molecule has 0 N–H and O–H groups in total. The van der Waals surface area contributed by atoms with E-state index in [1.54, 1.807) is 0 Å². The first-order valence-electron chi connectivity index (χ1n) is 10.9. The number of ketones is 2. The van der Waals surface area contributed by atoms with E-state index >= 15 is 0 Å². The topological polar surface area (TPSA) is 34.1 Å². The second-order valence-electron chi connectivity index (χ2n) is 7.68. The highest BCUT2D eigenvalue weighted by Gasteiger charge is 2.11. The summed E-state index contributed by atoms with van der Waals surface area (Å²) < 4.78 is 0. The van der Waals surface area contributed by atoms with Crippen LogP contribution in [0.15, 0.2) is 48.5 Å². The van der Waals surface area contributed by atoms with Crippen LogP contribution < -0.4 is 0 Å². The molecule has 0 radical (unpaired) electrons. The number of hydrogen-bond acceptors (Lipinski definition) is 2. The molecule has 28 heavy (non-hydrogen) atoms. The lowest BCUT2D eigenvalue weighted by molar-refractivity contribution is -0.118. The standard InChI is InChI=1S/C26H34O2/c1-3-5-7-8-9-10-21-12-14-22(15-13-21)23-16-18-24(19-17-23)26(28)20-25(27)11-6-4-2/h12-19H,3-11,20H2,1-2H3. The van der Waals surface area contributed by atoms with E-state index in [4.69, 9.17) is 0 Å². The smallest absolute Gasteiger partial charge is 0.170 e. The Hall–Kier alpha value is -2.22. The molecule has 0 heterocycles. The van der Waals surface area contributed by atoms with Crippen molar-refractivity contribution in [2.75, 3.05) is 0 Å². The van der Waals surface area contributed by atoms with Gasteiger partial charge in [-0.05, 0) is 36.0 Å². The van der Waals surface area contributed by atoms with E-state index in [1.807, 2.05) is 31.2 Å². The van der Waals surface area contributed by atoms with Crippen molar-refractivity contribution in [2.24, 2.45) is 0 Å². The average molecular weight is 379 g/mol. The van der Waals surface area contributed by atoms with Gasteiger partial charge in [0.15, 0.2) is 5.78 Å². The molecule has 0 aromatic heterocycles. The first-order valence-corrected chi connectivity index (χ1v) is 10.9. The van der Waals surface area contributed by atoms with Crippen LogP contribution in [0.25, 0.3) is 11.1 Å². The maximum Gasteiger partial charge on any atom is 0.170 e. The molecule has 0 atom stereocenters. The molecule has 0 aliphatic carbocycles. The number of Topliss-reactive ketones (excluding diaryl/α,β-unsaturated/α-hetero) is 2. The van der Waals surface area contributed by atoms with Crippen LogP contribution in [0.4, 0.5) is 0 Å². The van der Waals surface area contributed by atoms with Crippen LogP contribution in [0.2, 0.25) is 0 Å². The lowest BCUT2D eigenvalue weighted by Crippen LogP contribution is -2.07. The third-order valence-electron chi connectivity index (χ3n) is 5.23. The van der Waals surface area contributed by atoms with Crippen LogP contribution in [0, 0.1) is 0 Å². The molecule has 2 aromatic carbocycles. The molecule has 2 heteroatoms. The van der Waals surface area contributed by atoms with Gasteiger partial charge < -0.3 is 0 Å². The lowest BCUT2D eigenvalue weighted by atomic mass is 9.98. The van der Waals surface area contributed by atoms with Gasteiger partial charge in [0.25, 0.3) is 0 Å². The third-order valence-corrected chi connectivity index (χ3v) is 5.23. The Morgan fingerprint density at radius 2 is 1.25 bits per heavy atom. The first-order chi connectivity index (χ1) is 13.6. The Balaban J connectivity index is 1.88. The molecule has 0 saturated heterocycles. The minimum absolute atomic E-state index is 0.0201. The number of carbonyl (C=O) groups is 2. The van der Waals surface area contributed by atoms with Crippen molar-refractivity contribution in [3.8, 4) is 11.1 Å². The fourth-order valence-corrected chi connectivity index (χ4v) is 3.39. The number of aryl methyl sites for hydroxylation is 1. The van der Waals surface area contributed by atoms with E-state index in [1.165, 1.54) is 37.7 Å². The molecule has 0 aliphatic heterocycles. The zero-order valence-electron chi connectivity index (χ0n) is 17.5. The molecule has 2 rings (SSSR count). The van der Waals surface area contributed by atoms with Crippen molar-refractivity contribution in [3.63, 3.8) is 0 Å². The molecule has 0 aliphatic rings. The molecular weight excluding hydrogens is 344 g/mol. The van der Waals surface area contributed by atoms with E-state index in [9.17, 15) is 9.59 Å². The summed E-state index contributed by atoms with van der Waals surface area (Å²) in [5.41, 5.74) is 4.27. The predicted molar refractivity (Wildman–Crippen MR) is 118 cm³/mol. The third kappa shape index (κ3) is 7.42. The fourth-order valence-electron chi connectivity index (χ4n) is 3.39. The molecular formula is C26H34O2. The quantitative estimate of drug-likeness (QED) is 0.210. The highest BCUT2D eigenvalue weighted by molar-refractivity contribution is 6.08. The number of unbranched alkanes of at least 4 members (excludes halogenated alkanes) is 5. The van der Waals surface area contributed by atoms with Gasteiger partial charge in [0.2, 0.25) is 0 Å². The average Bonchev–Trinajstić information content (AvgIpc) is 2.72. The zero-order valence-corrected chi connectivity index (χ0v) is 17.5. The number of benzene rings is 2. The van der Waals surface area contributed by atoms with Crippen LogP contribution >= 0.6 is 0 Å². The van der Waals surface area contributed by atoms with Gasteiger partial charge in [0.1, 0.15) is 5.78 Å². The van der Waals surface area contributed by atoms with E-state index < -0.39 is 0 Å². The summed E-state index contributed by atoms with van der Waals surface area (Å²) in [6.07, 6.45) is 10.0. The summed E-state index contributed by atoms with van der Waals surface area (Å²) >= 11 is 0. The molecule has 0 saturated carbocycles. The largest absolute Gasteiger partial charge is 0.299 e. The van der Waals surface area contributed by atoms with Gasteiger partial charge in [-0.2, -0.15) is 0 Å². The number of rotatable bonds is 13. The van der Waals surface area contributed by atoms with E-state index in [0.717, 1.165) is 30.4 Å². The maximum atomic E-state index is 12.3. The monoisotopic (exact) mass is 378 g/mol. The highest BCUT2D eigenvalue weighted by Crippen LogP contribution is 2.22. The molecule has 2 aromatic rings. The van der Waals surface area contributed by atoms with Crippen molar-refractivity contribution in [3.05, 3.63) is 59.7 Å². The van der Waals surface area contributed by atoms with Crippen LogP contribution in [0.3, 0.4) is 0 Å². The Labute approximate surface area is 170 Å². The molecule has 0 fully saturated rings. The molecule has 0 spiro atoms. The Morgan fingerprint density at radius 3 is 1.86 bits per heavy atom. The van der Waals surface area contributed by atoms with Crippen LogP contribution in [-0.2, 0) is 11.2 Å². The summed E-state index contributed by atoms with van der Waals surface area (Å²) in [6.45, 7) is 4.29. The molecule has 0 bridgehead atoms. The van der Waals surface area contributed by atoms with Gasteiger partial charge in [-0.15, -0.1) is 0 Å². The minimum atomic E-state index is -0.0777. The van der Waals surface area contributed by atoms with Crippen molar-refractivity contribution in [2.45, 2.75) is 78.1 Å². The van der Waals surface area contributed by atoms with Crippen molar-refractivity contribution >= 4 is 11.6 Å². The SMILES string of the molecule is CCCCCCCc1ccc(-c2ccc(C(=O)CC(=O)CCCC)cc2)cc1. The Morgan fingerprint density at radius 1 is 0.679 bits per heavy atom. The fraction of sp³-hybridized carbons (Fsp3) is 0.462. The van der Waals surface area contributed by atoms with Crippen LogP contribution in [0.5, 0.6) is 0 Å². The Bertz CT molecular complexity index is 726. The Kier molecular flexibility index (Phi) is 9.68. The van der Waals surface area contributed by atoms with Gasteiger partial charge in [0.05, 0.1) is 6.42 Å². The van der Waals surface area contributed by atoms with Crippen LogP contribution in [0.1, 0.15) is 87.6 Å². The van der Waals surface area contributed by atoms with E-state index in [-0.39, 0.29) is 18.0 Å². The molecule has 0 unspecified atom stereocenters. The summed E-state index contributed by atoms with van der Waals surface area (Å²) in [7, 11) is 0. The van der Waals surface area contributed by atoms with Gasteiger partial charge in [-0.25, -0.2) is 0 Å². The second kappa shape index (κ2) is 12.3. The first kappa shape index (κ1) is 22.1. The molecule has 2 nitrogen and oxygen atoms in total. The van der Waals surface area contributed by atoms with Gasteiger partial charge >= 0.3 is 0 Å². The van der Waals surface area contributed by atoms with E-state index in [2.05, 4.69) is 31.2 Å². The molecule has 150 valence electrons. The predicted octanol–water partition coefficient (Wildman–Crippen LogP) is 7.20. The van der Waals surface area contributed by atoms with Gasteiger partial charge in [-0.1, -0.05) is 94.5 Å².